The van der Waals surface area contributed by atoms with Gasteiger partial charge in [0.25, 0.3) is 0 Å². The summed E-state index contributed by atoms with van der Waals surface area (Å²) in [7, 11) is 0. The zero-order valence-corrected chi connectivity index (χ0v) is 14.3. The highest BCUT2D eigenvalue weighted by atomic mass is 16.6. The van der Waals surface area contributed by atoms with Crippen LogP contribution in [0.25, 0.3) is 0 Å². The molecule has 2 atom stereocenters. The molecule has 0 heterocycles. The second kappa shape index (κ2) is 13.8. The van der Waals surface area contributed by atoms with E-state index in [4.69, 9.17) is 14.2 Å². The van der Waals surface area contributed by atoms with Crippen LogP contribution in [0, 0.1) is 0 Å². The van der Waals surface area contributed by atoms with E-state index in [1.54, 1.807) is 0 Å². The largest absolute Gasteiger partial charge is 0.376 e. The fraction of sp³-hybridized carbons (Fsp3) is 1.00. The SMILES string of the molecule is CCCCCCCCOC(C)COC(C)COC(C)C. The first-order valence-electron chi connectivity index (χ1n) is 8.41. The second-order valence-corrected chi connectivity index (χ2v) is 5.98. The van der Waals surface area contributed by atoms with Crippen LogP contribution in [0.4, 0.5) is 0 Å². The molecule has 0 amide bonds. The van der Waals surface area contributed by atoms with Gasteiger partial charge >= 0.3 is 0 Å². The fourth-order valence-corrected chi connectivity index (χ4v) is 1.89. The Morgan fingerprint density at radius 3 is 1.85 bits per heavy atom. The number of hydrogen-bond donors (Lipinski definition) is 0. The van der Waals surface area contributed by atoms with E-state index in [-0.39, 0.29) is 18.3 Å². The Morgan fingerprint density at radius 1 is 0.650 bits per heavy atom. The van der Waals surface area contributed by atoms with Crippen LogP contribution in [0.3, 0.4) is 0 Å². The Bertz CT molecular complexity index is 195. The van der Waals surface area contributed by atoms with Crippen molar-refractivity contribution in [1.29, 1.82) is 0 Å². The lowest BCUT2D eigenvalue weighted by atomic mass is 10.1. The van der Waals surface area contributed by atoms with E-state index in [1.165, 1.54) is 38.5 Å². The summed E-state index contributed by atoms with van der Waals surface area (Å²) in [6.07, 6.45) is 8.40. The Balaban J connectivity index is 3.33. The molecule has 0 spiro atoms. The molecule has 0 aromatic carbocycles. The average molecular weight is 288 g/mol. The van der Waals surface area contributed by atoms with Gasteiger partial charge in [0.2, 0.25) is 0 Å². The lowest BCUT2D eigenvalue weighted by Gasteiger charge is -2.18. The number of hydrogen-bond acceptors (Lipinski definition) is 3. The Hall–Kier alpha value is -0.120. The standard InChI is InChI=1S/C17H36O3/c1-6-7-8-9-10-11-12-18-16(4)14-20-17(5)13-19-15(2)3/h15-17H,6-14H2,1-5H3. The Morgan fingerprint density at radius 2 is 1.20 bits per heavy atom. The third kappa shape index (κ3) is 14.3. The van der Waals surface area contributed by atoms with Gasteiger partial charge in [0.05, 0.1) is 31.5 Å². The van der Waals surface area contributed by atoms with Crippen LogP contribution < -0.4 is 0 Å². The summed E-state index contributed by atoms with van der Waals surface area (Å²) in [6.45, 7) is 12.6. The number of ether oxygens (including phenoxy) is 3. The topological polar surface area (TPSA) is 27.7 Å². The molecule has 122 valence electrons. The molecule has 0 aromatic heterocycles. The van der Waals surface area contributed by atoms with Gasteiger partial charge in [-0.25, -0.2) is 0 Å². The molecule has 0 bridgehead atoms. The molecule has 0 radical (unpaired) electrons. The van der Waals surface area contributed by atoms with Crippen LogP contribution in [0.15, 0.2) is 0 Å². The van der Waals surface area contributed by atoms with Crippen LogP contribution in [-0.2, 0) is 14.2 Å². The first-order valence-corrected chi connectivity index (χ1v) is 8.41. The summed E-state index contributed by atoms with van der Waals surface area (Å²) in [6, 6.07) is 0. The lowest BCUT2D eigenvalue weighted by molar-refractivity contribution is -0.0659. The molecule has 0 aliphatic rings. The van der Waals surface area contributed by atoms with E-state index in [0.29, 0.717) is 13.2 Å². The Kier molecular flexibility index (Phi) is 13.8. The summed E-state index contributed by atoms with van der Waals surface area (Å²) < 4.78 is 17.0. The predicted octanol–water partition coefficient (Wildman–Crippen LogP) is 4.58. The van der Waals surface area contributed by atoms with Crippen LogP contribution in [-0.4, -0.2) is 38.1 Å². The molecule has 0 aliphatic carbocycles. The molecular formula is C17H36O3. The zero-order chi connectivity index (χ0) is 15.2. The molecule has 0 aliphatic heterocycles. The van der Waals surface area contributed by atoms with Crippen molar-refractivity contribution in [2.24, 2.45) is 0 Å². The summed E-state index contributed by atoms with van der Waals surface area (Å²) >= 11 is 0. The van der Waals surface area contributed by atoms with E-state index in [9.17, 15) is 0 Å². The highest BCUT2D eigenvalue weighted by molar-refractivity contribution is 4.54. The predicted molar refractivity (Wildman–Crippen MR) is 85.3 cm³/mol. The van der Waals surface area contributed by atoms with Crippen molar-refractivity contribution in [2.45, 2.75) is 91.5 Å². The van der Waals surface area contributed by atoms with Gasteiger partial charge in [-0.05, 0) is 34.1 Å². The van der Waals surface area contributed by atoms with Crippen molar-refractivity contribution in [2.75, 3.05) is 19.8 Å². The quantitative estimate of drug-likeness (QED) is 0.438. The number of unbranched alkanes of at least 4 members (excludes halogenated alkanes) is 5. The van der Waals surface area contributed by atoms with Crippen LogP contribution >= 0.6 is 0 Å². The van der Waals surface area contributed by atoms with E-state index < -0.39 is 0 Å². The first-order chi connectivity index (χ1) is 9.56. The van der Waals surface area contributed by atoms with E-state index in [1.807, 2.05) is 20.8 Å². The minimum absolute atomic E-state index is 0.137. The van der Waals surface area contributed by atoms with Crippen LogP contribution in [0.5, 0.6) is 0 Å². The summed E-state index contributed by atoms with van der Waals surface area (Å²) in [5.74, 6) is 0. The van der Waals surface area contributed by atoms with E-state index in [0.717, 1.165) is 6.61 Å². The molecule has 20 heavy (non-hydrogen) atoms. The van der Waals surface area contributed by atoms with Crippen molar-refractivity contribution < 1.29 is 14.2 Å². The third-order valence-electron chi connectivity index (χ3n) is 3.18. The molecule has 3 nitrogen and oxygen atoms in total. The maximum absolute atomic E-state index is 5.76. The molecule has 2 unspecified atom stereocenters. The Labute approximate surface area is 126 Å². The normalized spacial score (nSPS) is 14.7. The van der Waals surface area contributed by atoms with E-state index in [2.05, 4.69) is 13.8 Å². The molecule has 3 heteroatoms. The summed E-state index contributed by atoms with van der Waals surface area (Å²) in [5, 5.41) is 0. The van der Waals surface area contributed by atoms with Gasteiger partial charge in [0.15, 0.2) is 0 Å². The summed E-state index contributed by atoms with van der Waals surface area (Å²) in [4.78, 5) is 0. The zero-order valence-electron chi connectivity index (χ0n) is 14.3. The molecular weight excluding hydrogens is 252 g/mol. The lowest BCUT2D eigenvalue weighted by Crippen LogP contribution is -2.24. The first kappa shape index (κ1) is 19.9. The average Bonchev–Trinajstić information content (AvgIpc) is 2.41. The third-order valence-corrected chi connectivity index (χ3v) is 3.18. The van der Waals surface area contributed by atoms with Gasteiger partial charge in [-0.2, -0.15) is 0 Å². The minimum Gasteiger partial charge on any atom is -0.376 e. The van der Waals surface area contributed by atoms with Gasteiger partial charge in [-0.1, -0.05) is 39.0 Å². The van der Waals surface area contributed by atoms with E-state index >= 15 is 0 Å². The fourth-order valence-electron chi connectivity index (χ4n) is 1.89. The molecule has 0 fully saturated rings. The molecule has 0 saturated carbocycles. The summed E-state index contributed by atoms with van der Waals surface area (Å²) in [5.41, 5.74) is 0. The van der Waals surface area contributed by atoms with Crippen LogP contribution in [0.2, 0.25) is 0 Å². The van der Waals surface area contributed by atoms with Crippen LogP contribution in [0.1, 0.15) is 73.1 Å². The maximum atomic E-state index is 5.76. The van der Waals surface area contributed by atoms with Gasteiger partial charge < -0.3 is 14.2 Å². The van der Waals surface area contributed by atoms with Crippen molar-refractivity contribution >= 4 is 0 Å². The van der Waals surface area contributed by atoms with Crippen molar-refractivity contribution in [3.05, 3.63) is 0 Å². The van der Waals surface area contributed by atoms with Gasteiger partial charge in [0, 0.05) is 6.61 Å². The van der Waals surface area contributed by atoms with Gasteiger partial charge in [-0.3, -0.25) is 0 Å². The minimum atomic E-state index is 0.137. The van der Waals surface area contributed by atoms with Crippen molar-refractivity contribution in [1.82, 2.24) is 0 Å². The van der Waals surface area contributed by atoms with Gasteiger partial charge in [0.1, 0.15) is 0 Å². The molecule has 0 N–H and O–H groups in total. The number of rotatable bonds is 14. The van der Waals surface area contributed by atoms with Crippen molar-refractivity contribution in [3.63, 3.8) is 0 Å². The highest BCUT2D eigenvalue weighted by Gasteiger charge is 2.08. The smallest absolute Gasteiger partial charge is 0.0781 e. The molecule has 0 saturated heterocycles. The molecule has 0 rings (SSSR count). The second-order valence-electron chi connectivity index (χ2n) is 5.98. The van der Waals surface area contributed by atoms with Gasteiger partial charge in [-0.15, -0.1) is 0 Å². The molecule has 0 aromatic rings. The van der Waals surface area contributed by atoms with Crippen molar-refractivity contribution in [3.8, 4) is 0 Å². The maximum Gasteiger partial charge on any atom is 0.0781 e. The monoisotopic (exact) mass is 288 g/mol. The highest BCUT2D eigenvalue weighted by Crippen LogP contribution is 2.06.